The van der Waals surface area contributed by atoms with Crippen molar-refractivity contribution >= 4 is 34.0 Å². The van der Waals surface area contributed by atoms with E-state index < -0.39 is 17.2 Å². The van der Waals surface area contributed by atoms with Crippen molar-refractivity contribution in [1.29, 1.82) is 0 Å². The van der Waals surface area contributed by atoms with Crippen LogP contribution in [-0.4, -0.2) is 27.9 Å². The number of hydrogen-bond donors (Lipinski definition) is 4. The summed E-state index contributed by atoms with van der Waals surface area (Å²) in [4.78, 5) is 8.49. The van der Waals surface area contributed by atoms with Crippen LogP contribution < -0.4 is 20.9 Å². The predicted molar refractivity (Wildman–Crippen MR) is 110 cm³/mol. The van der Waals surface area contributed by atoms with Crippen molar-refractivity contribution in [3.05, 3.63) is 54.6 Å². The molecule has 1 heterocycles. The number of benzene rings is 2. The maximum atomic E-state index is 12.5. The second kappa shape index (κ2) is 9.49. The van der Waals surface area contributed by atoms with Crippen LogP contribution in [-0.2, 0) is 15.1 Å². The van der Waals surface area contributed by atoms with E-state index in [9.17, 15) is 17.4 Å². The van der Waals surface area contributed by atoms with E-state index in [4.69, 9.17) is 4.55 Å². The minimum absolute atomic E-state index is 0.239. The van der Waals surface area contributed by atoms with Crippen LogP contribution in [0.2, 0.25) is 0 Å². The monoisotopic (exact) mass is 453 g/mol. The average molecular weight is 453 g/mol. The number of ether oxygens (including phenoxy) is 1. The van der Waals surface area contributed by atoms with Crippen molar-refractivity contribution in [3.63, 3.8) is 0 Å². The Bertz CT molecular complexity index is 1140. The molecule has 0 saturated heterocycles. The highest BCUT2D eigenvalue weighted by atomic mass is 32.2. The van der Waals surface area contributed by atoms with Crippen LogP contribution in [0.25, 0.3) is 11.3 Å². The van der Waals surface area contributed by atoms with Crippen LogP contribution in [0.4, 0.5) is 36.3 Å². The molecule has 3 aromatic rings. The van der Waals surface area contributed by atoms with Gasteiger partial charge in [-0.2, -0.15) is 4.98 Å². The van der Waals surface area contributed by atoms with Gasteiger partial charge in [0.15, 0.2) is 5.82 Å². The predicted octanol–water partition coefficient (Wildman–Crippen LogP) is 4.77. The Balaban J connectivity index is 1.80. The molecule has 0 aliphatic carbocycles. The van der Waals surface area contributed by atoms with E-state index in [1.54, 1.807) is 31.3 Å². The van der Waals surface area contributed by atoms with Crippen LogP contribution in [0, 0.1) is 0 Å². The molecule has 4 N–H and O–H groups in total. The summed E-state index contributed by atoms with van der Waals surface area (Å²) in [7, 11) is -0.691. The molecule has 3 rings (SSSR count). The fourth-order valence-electron chi connectivity index (χ4n) is 2.46. The molecular formula is C18H16F3N6O3S-. The van der Waals surface area contributed by atoms with Gasteiger partial charge in [-0.05, 0) is 36.4 Å². The van der Waals surface area contributed by atoms with Gasteiger partial charge in [0.1, 0.15) is 5.75 Å². The van der Waals surface area contributed by atoms with E-state index in [1.165, 1.54) is 30.3 Å². The lowest BCUT2D eigenvalue weighted by molar-refractivity contribution is -0.274. The standard InChI is InChI=1S/C18H16F3N6O3S/c1-22-17-23-15(11-3-2-4-14(9-11)30-18(19,20)21)10-16(24-17)26-25-12-5-7-13(8-6-12)27-31(28)29/h2-10,25H,1H3,(H,27,28,29)(H2,22,23,24,26)/q-1. The number of anilines is 3. The molecule has 0 aliphatic rings. The molecule has 0 bridgehead atoms. The van der Waals surface area contributed by atoms with Gasteiger partial charge in [0.25, 0.3) is 0 Å². The number of halogens is 3. The molecule has 0 radical (unpaired) electrons. The van der Waals surface area contributed by atoms with E-state index in [2.05, 4.69) is 35.2 Å². The number of nitrogens with zero attached hydrogens (tertiary/aromatic N) is 3. The lowest BCUT2D eigenvalue weighted by Gasteiger charge is -2.13. The highest BCUT2D eigenvalue weighted by Gasteiger charge is 2.31. The molecule has 0 fully saturated rings. The number of nitrogens with one attached hydrogen (secondary N) is 3. The Labute approximate surface area is 176 Å². The Hall–Kier alpha value is -3.58. The number of rotatable bonds is 7. The SMILES string of the molecule is CNc1nc(NNc2ccc(N=[S-](=O)O)cc2)cc(-c2cccc(OC(F)(F)F)c2)n1. The minimum atomic E-state index is -4.80. The van der Waals surface area contributed by atoms with E-state index in [-0.39, 0.29) is 11.7 Å². The van der Waals surface area contributed by atoms with Crippen molar-refractivity contribution in [1.82, 2.24) is 9.97 Å². The molecule has 1 aromatic heterocycles. The van der Waals surface area contributed by atoms with Crippen LogP contribution in [0.1, 0.15) is 0 Å². The largest absolute Gasteiger partial charge is 0.573 e. The summed E-state index contributed by atoms with van der Waals surface area (Å²) in [5, 5.41) is 2.79. The molecule has 0 spiro atoms. The molecule has 13 heteroatoms. The Morgan fingerprint density at radius 1 is 1.06 bits per heavy atom. The zero-order valence-electron chi connectivity index (χ0n) is 15.8. The van der Waals surface area contributed by atoms with E-state index in [0.717, 1.165) is 0 Å². The van der Waals surface area contributed by atoms with Crippen molar-refractivity contribution < 1.29 is 26.7 Å². The lowest BCUT2D eigenvalue weighted by atomic mass is 10.1. The first-order valence-electron chi connectivity index (χ1n) is 8.60. The maximum absolute atomic E-state index is 12.5. The first-order chi connectivity index (χ1) is 14.7. The van der Waals surface area contributed by atoms with Crippen molar-refractivity contribution in [2.45, 2.75) is 6.36 Å². The van der Waals surface area contributed by atoms with Gasteiger partial charge in [-0.3, -0.25) is 10.9 Å². The second-order valence-corrected chi connectivity index (χ2v) is 6.55. The van der Waals surface area contributed by atoms with Crippen molar-refractivity contribution in [2.75, 3.05) is 23.2 Å². The molecule has 9 nitrogen and oxygen atoms in total. The van der Waals surface area contributed by atoms with Gasteiger partial charge in [0, 0.05) is 24.4 Å². The molecular weight excluding hydrogens is 437 g/mol. The van der Waals surface area contributed by atoms with Gasteiger partial charge in [-0.1, -0.05) is 23.0 Å². The van der Waals surface area contributed by atoms with Crippen LogP contribution in [0.5, 0.6) is 5.75 Å². The highest BCUT2D eigenvalue weighted by Crippen LogP contribution is 2.28. The summed E-state index contributed by atoms with van der Waals surface area (Å²) in [5.41, 5.74) is 7.45. The fourth-order valence-corrected chi connectivity index (χ4v) is 2.76. The molecule has 0 saturated carbocycles. The van der Waals surface area contributed by atoms with Crippen LogP contribution >= 0.6 is 0 Å². The third kappa shape index (κ3) is 6.72. The summed E-state index contributed by atoms with van der Waals surface area (Å²) >= 11 is 0. The first kappa shape index (κ1) is 22.1. The second-order valence-electron chi connectivity index (χ2n) is 5.91. The van der Waals surface area contributed by atoms with Gasteiger partial charge in [-0.15, -0.1) is 13.2 Å². The summed E-state index contributed by atoms with van der Waals surface area (Å²) in [5.74, 6) is 0.210. The third-order valence-corrected chi connectivity index (χ3v) is 4.07. The molecule has 164 valence electrons. The molecule has 0 aliphatic heterocycles. The van der Waals surface area contributed by atoms with E-state index >= 15 is 0 Å². The van der Waals surface area contributed by atoms with Gasteiger partial charge in [0.2, 0.25) is 5.95 Å². The molecule has 0 atom stereocenters. The van der Waals surface area contributed by atoms with Crippen molar-refractivity contribution in [2.24, 2.45) is 4.36 Å². The lowest BCUT2D eigenvalue weighted by Crippen LogP contribution is -2.17. The summed E-state index contributed by atoms with van der Waals surface area (Å²) < 4.78 is 64.4. The summed E-state index contributed by atoms with van der Waals surface area (Å²) in [6.45, 7) is 0. The molecule has 0 amide bonds. The Morgan fingerprint density at radius 3 is 2.45 bits per heavy atom. The molecule has 0 unspecified atom stereocenters. The van der Waals surface area contributed by atoms with Gasteiger partial charge < -0.3 is 23.2 Å². The average Bonchev–Trinajstić information content (AvgIpc) is 2.71. The highest BCUT2D eigenvalue weighted by molar-refractivity contribution is 7.68. The van der Waals surface area contributed by atoms with Gasteiger partial charge in [0.05, 0.1) is 11.4 Å². The fraction of sp³-hybridized carbons (Fsp3) is 0.111. The smallest absolute Gasteiger partial charge is 0.454 e. The minimum Gasteiger partial charge on any atom is -0.454 e. The van der Waals surface area contributed by atoms with Crippen molar-refractivity contribution in [3.8, 4) is 17.0 Å². The van der Waals surface area contributed by atoms with E-state index in [1.807, 2.05) is 0 Å². The molecule has 31 heavy (non-hydrogen) atoms. The number of aromatic nitrogens is 2. The number of hydrogen-bond acceptors (Lipinski definition) is 9. The summed E-state index contributed by atoms with van der Waals surface area (Å²) in [6.07, 6.45) is -4.80. The van der Waals surface area contributed by atoms with Crippen LogP contribution in [0.15, 0.2) is 59.0 Å². The molecule has 2 aromatic carbocycles. The zero-order valence-corrected chi connectivity index (χ0v) is 16.7. The van der Waals surface area contributed by atoms with Gasteiger partial charge >= 0.3 is 6.36 Å². The Kier molecular flexibility index (Phi) is 6.77. The topological polar surface area (TPSA) is 121 Å². The first-order valence-corrected chi connectivity index (χ1v) is 9.66. The number of alkyl halides is 3. The van der Waals surface area contributed by atoms with Crippen LogP contribution in [0.3, 0.4) is 0 Å². The van der Waals surface area contributed by atoms with Gasteiger partial charge in [-0.25, -0.2) is 4.98 Å². The summed E-state index contributed by atoms with van der Waals surface area (Å²) in [6, 6.07) is 13.3. The Morgan fingerprint density at radius 2 is 1.81 bits per heavy atom. The quantitative estimate of drug-likeness (QED) is 0.229. The number of hydrazine groups is 1. The normalized spacial score (nSPS) is 12.3. The third-order valence-electron chi connectivity index (χ3n) is 3.70. The zero-order chi connectivity index (χ0) is 22.4. The maximum Gasteiger partial charge on any atom is 0.573 e. The van der Waals surface area contributed by atoms with E-state index in [0.29, 0.717) is 28.5 Å².